The lowest BCUT2D eigenvalue weighted by Gasteiger charge is -2.34. The third kappa shape index (κ3) is 4.64. The molecule has 2 aromatic carbocycles. The molecule has 3 rings (SSSR count). The predicted octanol–water partition coefficient (Wildman–Crippen LogP) is 3.34. The van der Waals surface area contributed by atoms with Crippen LogP contribution in [0.15, 0.2) is 42.5 Å². The molecule has 1 aliphatic rings. The van der Waals surface area contributed by atoms with Crippen molar-refractivity contribution in [2.75, 3.05) is 32.8 Å². The molecule has 1 aliphatic heterocycles. The normalized spacial score (nSPS) is 15.1. The van der Waals surface area contributed by atoms with Crippen LogP contribution in [0.4, 0.5) is 0 Å². The van der Waals surface area contributed by atoms with Gasteiger partial charge in [0.2, 0.25) is 0 Å². The average molecular weight is 352 g/mol. The van der Waals surface area contributed by atoms with Crippen LogP contribution in [0.1, 0.15) is 22.3 Å². The predicted molar refractivity (Wildman–Crippen MR) is 104 cm³/mol. The zero-order chi connectivity index (χ0) is 18.5. The fourth-order valence-corrected chi connectivity index (χ4v) is 3.62. The average Bonchev–Trinajstić information content (AvgIpc) is 2.62. The maximum Gasteiger partial charge on any atom is 0.260 e. The molecule has 138 valence electrons. The van der Waals surface area contributed by atoms with Crippen LogP contribution in [-0.2, 0) is 11.3 Å². The molecule has 4 heteroatoms. The molecular formula is C22H28N2O2. The molecule has 26 heavy (non-hydrogen) atoms. The van der Waals surface area contributed by atoms with Crippen LogP contribution in [0.5, 0.6) is 5.75 Å². The van der Waals surface area contributed by atoms with E-state index in [1.165, 1.54) is 11.1 Å². The molecule has 0 radical (unpaired) electrons. The van der Waals surface area contributed by atoms with Gasteiger partial charge in [-0.3, -0.25) is 9.69 Å². The maximum atomic E-state index is 12.5. The third-order valence-corrected chi connectivity index (χ3v) is 4.92. The molecule has 0 unspecified atom stereocenters. The highest BCUT2D eigenvalue weighted by molar-refractivity contribution is 5.78. The SMILES string of the molecule is Cc1cc(C)c(OCC(=O)N2CCN(Cc3ccccc3)CC2)c(C)c1. The number of ether oxygens (including phenoxy) is 1. The molecule has 1 amide bonds. The number of carbonyl (C=O) groups is 1. The van der Waals surface area contributed by atoms with Crippen LogP contribution in [0, 0.1) is 20.8 Å². The number of benzene rings is 2. The molecule has 0 spiro atoms. The lowest BCUT2D eigenvalue weighted by molar-refractivity contribution is -0.135. The summed E-state index contributed by atoms with van der Waals surface area (Å²) in [5.74, 6) is 0.912. The highest BCUT2D eigenvalue weighted by Crippen LogP contribution is 2.24. The number of hydrogen-bond acceptors (Lipinski definition) is 3. The molecule has 4 nitrogen and oxygen atoms in total. The topological polar surface area (TPSA) is 32.8 Å². The van der Waals surface area contributed by atoms with Crippen molar-refractivity contribution in [3.8, 4) is 5.75 Å². The van der Waals surface area contributed by atoms with Crippen LogP contribution in [0.25, 0.3) is 0 Å². The third-order valence-electron chi connectivity index (χ3n) is 4.92. The molecule has 2 aromatic rings. The summed E-state index contributed by atoms with van der Waals surface area (Å²) >= 11 is 0. The molecule has 0 aromatic heterocycles. The number of hydrogen-bond donors (Lipinski definition) is 0. The van der Waals surface area contributed by atoms with Gasteiger partial charge in [0.05, 0.1) is 0 Å². The summed E-state index contributed by atoms with van der Waals surface area (Å²) in [7, 11) is 0. The molecule has 0 aliphatic carbocycles. The van der Waals surface area contributed by atoms with Crippen LogP contribution >= 0.6 is 0 Å². The fraction of sp³-hybridized carbons (Fsp3) is 0.409. The van der Waals surface area contributed by atoms with Crippen molar-refractivity contribution in [3.05, 3.63) is 64.7 Å². The first-order valence-corrected chi connectivity index (χ1v) is 9.27. The van der Waals surface area contributed by atoms with E-state index in [9.17, 15) is 4.79 Å². The van der Waals surface area contributed by atoms with Gasteiger partial charge < -0.3 is 9.64 Å². The Hall–Kier alpha value is -2.33. The quantitative estimate of drug-likeness (QED) is 0.827. The summed E-state index contributed by atoms with van der Waals surface area (Å²) in [6.45, 7) is 10.5. The van der Waals surface area contributed by atoms with Gasteiger partial charge in [-0.05, 0) is 37.5 Å². The zero-order valence-corrected chi connectivity index (χ0v) is 16.0. The van der Waals surface area contributed by atoms with E-state index < -0.39 is 0 Å². The van der Waals surface area contributed by atoms with Gasteiger partial charge in [-0.2, -0.15) is 0 Å². The number of nitrogens with zero attached hydrogens (tertiary/aromatic N) is 2. The van der Waals surface area contributed by atoms with Crippen molar-refractivity contribution in [1.82, 2.24) is 9.80 Å². The standard InChI is InChI=1S/C22H28N2O2/c1-17-13-18(2)22(19(3)14-17)26-16-21(25)24-11-9-23(10-12-24)15-20-7-5-4-6-8-20/h4-8,13-14H,9-12,15-16H2,1-3H3. The first kappa shape index (κ1) is 18.5. The molecule has 1 saturated heterocycles. The first-order valence-electron chi connectivity index (χ1n) is 9.27. The lowest BCUT2D eigenvalue weighted by atomic mass is 10.1. The number of piperazine rings is 1. The maximum absolute atomic E-state index is 12.5. The van der Waals surface area contributed by atoms with Crippen molar-refractivity contribution in [1.29, 1.82) is 0 Å². The van der Waals surface area contributed by atoms with Gasteiger partial charge in [-0.1, -0.05) is 48.0 Å². The van der Waals surface area contributed by atoms with E-state index >= 15 is 0 Å². The molecule has 0 atom stereocenters. The fourth-order valence-electron chi connectivity index (χ4n) is 3.62. The van der Waals surface area contributed by atoms with Crippen molar-refractivity contribution >= 4 is 5.91 Å². The second-order valence-corrected chi connectivity index (χ2v) is 7.16. The van der Waals surface area contributed by atoms with E-state index in [0.29, 0.717) is 0 Å². The largest absolute Gasteiger partial charge is 0.483 e. The summed E-state index contributed by atoms with van der Waals surface area (Å²) in [4.78, 5) is 16.8. The molecule has 0 bridgehead atoms. The van der Waals surface area contributed by atoms with Crippen molar-refractivity contribution in [2.45, 2.75) is 27.3 Å². The minimum Gasteiger partial charge on any atom is -0.483 e. The van der Waals surface area contributed by atoms with E-state index in [1.54, 1.807) is 0 Å². The van der Waals surface area contributed by atoms with E-state index in [4.69, 9.17) is 4.74 Å². The summed E-state index contributed by atoms with van der Waals surface area (Å²) in [5.41, 5.74) is 4.71. The zero-order valence-electron chi connectivity index (χ0n) is 16.0. The van der Waals surface area contributed by atoms with Gasteiger partial charge in [-0.25, -0.2) is 0 Å². The Morgan fingerprint density at radius 3 is 2.19 bits per heavy atom. The highest BCUT2D eigenvalue weighted by atomic mass is 16.5. The second-order valence-electron chi connectivity index (χ2n) is 7.16. The van der Waals surface area contributed by atoms with Crippen molar-refractivity contribution in [3.63, 3.8) is 0 Å². The highest BCUT2D eigenvalue weighted by Gasteiger charge is 2.21. The molecule has 1 heterocycles. The lowest BCUT2D eigenvalue weighted by Crippen LogP contribution is -2.49. The number of amides is 1. The number of rotatable bonds is 5. The Morgan fingerprint density at radius 1 is 0.962 bits per heavy atom. The Bertz CT molecular complexity index is 727. The van der Waals surface area contributed by atoms with E-state index in [1.807, 2.05) is 24.8 Å². The Balaban J connectivity index is 1.48. The smallest absolute Gasteiger partial charge is 0.260 e. The first-order chi connectivity index (χ1) is 12.5. The van der Waals surface area contributed by atoms with Crippen molar-refractivity contribution in [2.24, 2.45) is 0 Å². The summed E-state index contributed by atoms with van der Waals surface area (Å²) < 4.78 is 5.86. The summed E-state index contributed by atoms with van der Waals surface area (Å²) in [6, 6.07) is 14.7. The van der Waals surface area contributed by atoms with Crippen LogP contribution in [0.2, 0.25) is 0 Å². The van der Waals surface area contributed by atoms with Gasteiger partial charge in [0.15, 0.2) is 6.61 Å². The molecule has 1 fully saturated rings. The van der Waals surface area contributed by atoms with E-state index in [0.717, 1.165) is 49.6 Å². The second kappa shape index (κ2) is 8.37. The van der Waals surface area contributed by atoms with Crippen molar-refractivity contribution < 1.29 is 9.53 Å². The summed E-state index contributed by atoms with van der Waals surface area (Å²) in [5, 5.41) is 0. The van der Waals surface area contributed by atoms with Gasteiger partial charge in [0, 0.05) is 32.7 Å². The van der Waals surface area contributed by atoms with E-state index in [-0.39, 0.29) is 12.5 Å². The van der Waals surface area contributed by atoms with E-state index in [2.05, 4.69) is 48.2 Å². The van der Waals surface area contributed by atoms with Gasteiger partial charge >= 0.3 is 0 Å². The minimum atomic E-state index is 0.0729. The Morgan fingerprint density at radius 2 is 1.58 bits per heavy atom. The van der Waals surface area contributed by atoms with Crippen LogP contribution in [0.3, 0.4) is 0 Å². The minimum absolute atomic E-state index is 0.0729. The Kier molecular flexibility index (Phi) is 5.94. The number of aryl methyl sites for hydroxylation is 3. The Labute approximate surface area is 156 Å². The molecule has 0 N–H and O–H groups in total. The van der Waals surface area contributed by atoms with Gasteiger partial charge in [0.1, 0.15) is 5.75 Å². The molecule has 0 saturated carbocycles. The van der Waals surface area contributed by atoms with Gasteiger partial charge in [-0.15, -0.1) is 0 Å². The summed E-state index contributed by atoms with van der Waals surface area (Å²) in [6.07, 6.45) is 0. The number of carbonyl (C=O) groups excluding carboxylic acids is 1. The van der Waals surface area contributed by atoms with Gasteiger partial charge in [0.25, 0.3) is 5.91 Å². The molecular weight excluding hydrogens is 324 g/mol. The monoisotopic (exact) mass is 352 g/mol. The van der Waals surface area contributed by atoms with Crippen LogP contribution < -0.4 is 4.74 Å². The van der Waals surface area contributed by atoms with Crippen LogP contribution in [-0.4, -0.2) is 48.5 Å².